The number of nitrogens with zero attached hydrogens (tertiary/aromatic N) is 2. The molecule has 6 rings (SSSR count). The van der Waals surface area contributed by atoms with Gasteiger partial charge in [-0.2, -0.15) is 0 Å². The maximum Gasteiger partial charge on any atom is 0.309 e. The fraction of sp³-hybridized carbons (Fsp3) is 0.500. The second-order valence-electron chi connectivity index (χ2n) is 10.1. The van der Waals surface area contributed by atoms with Gasteiger partial charge in [0.25, 0.3) is 0 Å². The zero-order chi connectivity index (χ0) is 23.7. The monoisotopic (exact) mass is 462 g/mol. The average molecular weight is 463 g/mol. The third-order valence-electron chi connectivity index (χ3n) is 7.98. The molecule has 2 heterocycles. The maximum absolute atomic E-state index is 11.4. The lowest BCUT2D eigenvalue weighted by molar-refractivity contribution is -0.144. The summed E-state index contributed by atoms with van der Waals surface area (Å²) in [6, 6.07) is 21.0. The second kappa shape index (κ2) is 9.88. The smallest absolute Gasteiger partial charge is 0.309 e. The van der Waals surface area contributed by atoms with Gasteiger partial charge in [0.05, 0.1) is 26.1 Å². The van der Waals surface area contributed by atoms with E-state index in [0.717, 1.165) is 39.3 Å². The lowest BCUT2D eigenvalue weighted by Gasteiger charge is -2.18. The molecule has 0 bridgehead atoms. The number of piperidine rings is 2. The number of benzene rings is 2. The number of esters is 2. The van der Waals surface area contributed by atoms with E-state index in [4.69, 9.17) is 9.47 Å². The van der Waals surface area contributed by atoms with Gasteiger partial charge in [0.2, 0.25) is 0 Å². The first-order chi connectivity index (χ1) is 16.6. The number of likely N-dealkylation sites (tertiary alicyclic amines) is 2. The first-order valence-electron chi connectivity index (χ1n) is 12.3. The Balaban J connectivity index is 0.000000142. The van der Waals surface area contributed by atoms with Crippen molar-refractivity contribution in [2.45, 2.75) is 13.1 Å². The van der Waals surface area contributed by atoms with Gasteiger partial charge in [0.1, 0.15) is 0 Å². The van der Waals surface area contributed by atoms with Gasteiger partial charge in [0.15, 0.2) is 0 Å². The predicted molar refractivity (Wildman–Crippen MR) is 128 cm³/mol. The highest BCUT2D eigenvalue weighted by Crippen LogP contribution is 2.53. The third kappa shape index (κ3) is 4.89. The molecule has 180 valence electrons. The predicted octanol–water partition coefficient (Wildman–Crippen LogP) is 3.07. The molecule has 0 amide bonds. The SMILES string of the molecule is COC(=O)C1[C@H]2CN(Cc3ccccc3)C[C@@H]12.COC(=O)C1[C@H]2CN(Cc3ccccc3)C[C@@H]12. The molecule has 6 heteroatoms. The van der Waals surface area contributed by atoms with E-state index in [9.17, 15) is 9.59 Å². The lowest BCUT2D eigenvalue weighted by Crippen LogP contribution is -2.26. The van der Waals surface area contributed by atoms with Crippen LogP contribution >= 0.6 is 0 Å². The molecule has 0 aromatic heterocycles. The molecule has 4 aliphatic rings. The van der Waals surface area contributed by atoms with Crippen molar-refractivity contribution in [1.29, 1.82) is 0 Å². The quantitative estimate of drug-likeness (QED) is 0.615. The molecule has 2 aliphatic carbocycles. The largest absolute Gasteiger partial charge is 0.469 e. The molecule has 6 nitrogen and oxygen atoms in total. The van der Waals surface area contributed by atoms with Crippen LogP contribution in [0.2, 0.25) is 0 Å². The Hall–Kier alpha value is -2.70. The number of rotatable bonds is 6. The molecular formula is C28H34N2O4. The number of methoxy groups -OCH3 is 2. The molecule has 2 unspecified atom stereocenters. The summed E-state index contributed by atoms with van der Waals surface area (Å²) in [5, 5.41) is 0. The van der Waals surface area contributed by atoms with Crippen LogP contribution in [0.25, 0.3) is 0 Å². The Kier molecular flexibility index (Phi) is 6.70. The Morgan fingerprint density at radius 2 is 0.971 bits per heavy atom. The van der Waals surface area contributed by atoms with Crippen molar-refractivity contribution in [1.82, 2.24) is 9.80 Å². The van der Waals surface area contributed by atoms with Crippen molar-refractivity contribution in [3.63, 3.8) is 0 Å². The molecule has 2 saturated carbocycles. The molecule has 2 aliphatic heterocycles. The topological polar surface area (TPSA) is 59.1 Å². The summed E-state index contributed by atoms with van der Waals surface area (Å²) in [6.07, 6.45) is 0. The minimum atomic E-state index is -0.0145. The third-order valence-corrected chi connectivity index (χ3v) is 7.98. The number of hydrogen-bond donors (Lipinski definition) is 0. The van der Waals surface area contributed by atoms with Gasteiger partial charge < -0.3 is 9.47 Å². The summed E-state index contributed by atoms with van der Waals surface area (Å²) in [5.41, 5.74) is 2.70. The van der Waals surface area contributed by atoms with Gasteiger partial charge in [-0.3, -0.25) is 19.4 Å². The van der Waals surface area contributed by atoms with Gasteiger partial charge in [-0.1, -0.05) is 60.7 Å². The molecule has 2 aromatic carbocycles. The number of fused-ring (bicyclic) bond motifs is 2. The highest BCUT2D eigenvalue weighted by molar-refractivity contribution is 5.77. The Morgan fingerprint density at radius 3 is 1.26 bits per heavy atom. The van der Waals surface area contributed by atoms with Crippen molar-refractivity contribution >= 4 is 11.9 Å². The van der Waals surface area contributed by atoms with Gasteiger partial charge in [0, 0.05) is 39.3 Å². The average Bonchev–Trinajstić information content (AvgIpc) is 3.60. The van der Waals surface area contributed by atoms with Crippen LogP contribution in [0.4, 0.5) is 0 Å². The highest BCUT2D eigenvalue weighted by atomic mass is 16.5. The van der Waals surface area contributed by atoms with Crippen LogP contribution in [0, 0.1) is 35.5 Å². The number of carbonyl (C=O) groups excluding carboxylic acids is 2. The molecule has 6 atom stereocenters. The normalized spacial score (nSPS) is 31.0. The van der Waals surface area contributed by atoms with Crippen LogP contribution in [-0.4, -0.2) is 62.1 Å². The summed E-state index contributed by atoms with van der Waals surface area (Å²) in [5.74, 6) is 2.53. The molecule has 0 spiro atoms. The van der Waals surface area contributed by atoms with E-state index >= 15 is 0 Å². The van der Waals surface area contributed by atoms with Gasteiger partial charge in [-0.05, 0) is 34.8 Å². The summed E-state index contributed by atoms with van der Waals surface area (Å²) < 4.78 is 9.61. The van der Waals surface area contributed by atoms with E-state index in [0.29, 0.717) is 23.7 Å². The summed E-state index contributed by atoms with van der Waals surface area (Å²) in [7, 11) is 2.97. The minimum absolute atomic E-state index is 0.0145. The van der Waals surface area contributed by atoms with Crippen molar-refractivity contribution in [3.8, 4) is 0 Å². The van der Waals surface area contributed by atoms with E-state index < -0.39 is 0 Å². The van der Waals surface area contributed by atoms with Crippen LogP contribution in [0.1, 0.15) is 11.1 Å². The molecule has 2 saturated heterocycles. The molecule has 0 radical (unpaired) electrons. The zero-order valence-corrected chi connectivity index (χ0v) is 20.0. The van der Waals surface area contributed by atoms with Crippen molar-refractivity contribution in [2.24, 2.45) is 35.5 Å². The Morgan fingerprint density at radius 1 is 0.647 bits per heavy atom. The zero-order valence-electron chi connectivity index (χ0n) is 20.0. The summed E-state index contributed by atoms with van der Waals surface area (Å²) >= 11 is 0. The lowest BCUT2D eigenvalue weighted by atomic mass is 10.2. The summed E-state index contributed by atoms with van der Waals surface area (Å²) in [4.78, 5) is 27.7. The van der Waals surface area contributed by atoms with Crippen molar-refractivity contribution in [2.75, 3.05) is 40.4 Å². The number of carbonyl (C=O) groups is 2. The van der Waals surface area contributed by atoms with Crippen LogP contribution in [0.3, 0.4) is 0 Å². The Bertz CT molecular complexity index is 892. The number of hydrogen-bond acceptors (Lipinski definition) is 6. The van der Waals surface area contributed by atoms with Gasteiger partial charge in [-0.15, -0.1) is 0 Å². The first kappa shape index (κ1) is 23.1. The van der Waals surface area contributed by atoms with Crippen LogP contribution in [-0.2, 0) is 32.2 Å². The van der Waals surface area contributed by atoms with E-state index in [1.165, 1.54) is 25.3 Å². The summed E-state index contributed by atoms with van der Waals surface area (Å²) in [6.45, 7) is 6.17. The van der Waals surface area contributed by atoms with Gasteiger partial charge in [-0.25, -0.2) is 0 Å². The van der Waals surface area contributed by atoms with E-state index in [1.54, 1.807) is 0 Å². The highest BCUT2D eigenvalue weighted by Gasteiger charge is 2.60. The van der Waals surface area contributed by atoms with Crippen molar-refractivity contribution < 1.29 is 19.1 Å². The van der Waals surface area contributed by atoms with Gasteiger partial charge >= 0.3 is 11.9 Å². The number of ether oxygens (including phenoxy) is 2. The maximum atomic E-state index is 11.4. The van der Waals surface area contributed by atoms with E-state index in [2.05, 4.69) is 58.3 Å². The molecule has 4 fully saturated rings. The van der Waals surface area contributed by atoms with Crippen molar-refractivity contribution in [3.05, 3.63) is 71.8 Å². The van der Waals surface area contributed by atoms with E-state index in [-0.39, 0.29) is 23.8 Å². The molecule has 0 N–H and O–H groups in total. The fourth-order valence-corrected chi connectivity index (χ4v) is 6.14. The fourth-order valence-electron chi connectivity index (χ4n) is 6.14. The Labute approximate surface area is 201 Å². The molecular weight excluding hydrogens is 428 g/mol. The minimum Gasteiger partial charge on any atom is -0.469 e. The van der Waals surface area contributed by atoms with Crippen LogP contribution in [0.15, 0.2) is 60.7 Å². The molecule has 2 aromatic rings. The standard InChI is InChI=1S/2C14H17NO2/c2*1-17-14(16)13-11-8-15(9-12(11)13)7-10-5-3-2-4-6-10/h2*2-6,11-13H,7-9H2,1H3/t2*11-,12+,13?. The first-order valence-corrected chi connectivity index (χ1v) is 12.3. The van der Waals surface area contributed by atoms with E-state index in [1.807, 2.05) is 12.1 Å². The molecule has 34 heavy (non-hydrogen) atoms. The second-order valence-corrected chi connectivity index (χ2v) is 10.1. The van der Waals surface area contributed by atoms with Crippen LogP contribution < -0.4 is 0 Å². The van der Waals surface area contributed by atoms with Crippen LogP contribution in [0.5, 0.6) is 0 Å².